The van der Waals surface area contributed by atoms with Crippen molar-refractivity contribution < 1.29 is 14.0 Å². The van der Waals surface area contributed by atoms with Gasteiger partial charge in [0.2, 0.25) is 0 Å². The van der Waals surface area contributed by atoms with Gasteiger partial charge in [-0.1, -0.05) is 0 Å². The molecule has 0 radical (unpaired) electrons. The molecule has 1 aliphatic carbocycles. The first-order valence-corrected chi connectivity index (χ1v) is 6.94. The summed E-state index contributed by atoms with van der Waals surface area (Å²) in [7, 11) is 0. The third-order valence-electron chi connectivity index (χ3n) is 3.33. The predicted octanol–water partition coefficient (Wildman–Crippen LogP) is 2.10. The van der Waals surface area contributed by atoms with E-state index in [9.17, 15) is 9.59 Å². The summed E-state index contributed by atoms with van der Waals surface area (Å²) in [5.74, 6) is 0.421. The van der Waals surface area contributed by atoms with E-state index in [1.165, 1.54) is 0 Å². The second kappa shape index (κ2) is 5.83. The van der Waals surface area contributed by atoms with Crippen molar-refractivity contribution in [2.75, 3.05) is 0 Å². The molecule has 1 fully saturated rings. The lowest BCUT2D eigenvalue weighted by molar-refractivity contribution is 0.0937. The van der Waals surface area contributed by atoms with E-state index in [0.717, 1.165) is 12.8 Å². The summed E-state index contributed by atoms with van der Waals surface area (Å²) in [4.78, 5) is 23.8. The van der Waals surface area contributed by atoms with Crippen molar-refractivity contribution in [3.63, 3.8) is 0 Å². The molecular formula is C16H16N2O3. The second-order valence-corrected chi connectivity index (χ2v) is 5.09. The minimum Gasteiger partial charge on any atom is -0.467 e. The average Bonchev–Trinajstić information content (AvgIpc) is 3.16. The molecule has 0 saturated heterocycles. The summed E-state index contributed by atoms with van der Waals surface area (Å²) >= 11 is 0. The highest BCUT2D eigenvalue weighted by molar-refractivity contribution is 5.97. The van der Waals surface area contributed by atoms with Crippen LogP contribution in [-0.2, 0) is 6.54 Å². The molecule has 1 aliphatic rings. The largest absolute Gasteiger partial charge is 0.467 e. The van der Waals surface area contributed by atoms with E-state index in [4.69, 9.17) is 4.42 Å². The first-order chi connectivity index (χ1) is 10.2. The van der Waals surface area contributed by atoms with Gasteiger partial charge in [0.05, 0.1) is 12.8 Å². The van der Waals surface area contributed by atoms with Gasteiger partial charge in [-0.25, -0.2) is 0 Å². The molecule has 2 aromatic rings. The summed E-state index contributed by atoms with van der Waals surface area (Å²) < 4.78 is 5.15. The third-order valence-corrected chi connectivity index (χ3v) is 3.33. The van der Waals surface area contributed by atoms with Gasteiger partial charge < -0.3 is 15.1 Å². The monoisotopic (exact) mass is 284 g/mol. The standard InChI is InChI=1S/C16H16N2O3/c19-15(17-10-14-2-1-9-21-14)11-3-5-12(6-4-11)16(20)18-13-7-8-13/h1-6,9,13H,7-8,10H2,(H,17,19)(H,18,20). The molecule has 2 amide bonds. The van der Waals surface area contributed by atoms with Crippen LogP contribution in [0.5, 0.6) is 0 Å². The molecule has 5 heteroatoms. The number of furan rings is 1. The van der Waals surface area contributed by atoms with E-state index in [1.54, 1.807) is 42.7 Å². The minimum atomic E-state index is -0.194. The van der Waals surface area contributed by atoms with Crippen molar-refractivity contribution in [2.45, 2.75) is 25.4 Å². The lowest BCUT2D eigenvalue weighted by Gasteiger charge is -2.06. The molecule has 3 rings (SSSR count). The number of carbonyl (C=O) groups is 2. The molecule has 21 heavy (non-hydrogen) atoms. The quantitative estimate of drug-likeness (QED) is 0.883. The van der Waals surface area contributed by atoms with Crippen molar-refractivity contribution in [3.05, 3.63) is 59.5 Å². The number of nitrogens with one attached hydrogen (secondary N) is 2. The van der Waals surface area contributed by atoms with Gasteiger partial charge in [-0.3, -0.25) is 9.59 Å². The normalized spacial score (nSPS) is 13.7. The summed E-state index contributed by atoms with van der Waals surface area (Å²) in [6.45, 7) is 0.343. The van der Waals surface area contributed by atoms with Gasteiger partial charge in [0, 0.05) is 17.2 Å². The lowest BCUT2D eigenvalue weighted by atomic mass is 10.1. The molecular weight excluding hydrogens is 268 g/mol. The Bertz CT molecular complexity index is 628. The Morgan fingerprint density at radius 2 is 1.71 bits per heavy atom. The zero-order valence-electron chi connectivity index (χ0n) is 11.5. The summed E-state index contributed by atoms with van der Waals surface area (Å²) in [6, 6.07) is 10.5. The molecule has 0 unspecified atom stereocenters. The maximum absolute atomic E-state index is 12.0. The maximum Gasteiger partial charge on any atom is 0.251 e. The van der Waals surface area contributed by atoms with Gasteiger partial charge in [-0.05, 0) is 49.2 Å². The third kappa shape index (κ3) is 3.51. The molecule has 1 aromatic carbocycles. The van der Waals surface area contributed by atoms with Crippen LogP contribution < -0.4 is 10.6 Å². The Balaban J connectivity index is 1.57. The van der Waals surface area contributed by atoms with Crippen LogP contribution >= 0.6 is 0 Å². The van der Waals surface area contributed by atoms with Crippen molar-refractivity contribution in [2.24, 2.45) is 0 Å². The van der Waals surface area contributed by atoms with Crippen LogP contribution in [0.3, 0.4) is 0 Å². The molecule has 108 valence electrons. The minimum absolute atomic E-state index is 0.0833. The highest BCUT2D eigenvalue weighted by atomic mass is 16.3. The van der Waals surface area contributed by atoms with E-state index < -0.39 is 0 Å². The molecule has 1 aromatic heterocycles. The molecule has 1 saturated carbocycles. The summed E-state index contributed by atoms with van der Waals surface area (Å²) in [6.07, 6.45) is 3.67. The summed E-state index contributed by atoms with van der Waals surface area (Å²) in [5, 5.41) is 5.67. The number of amides is 2. The fourth-order valence-electron chi connectivity index (χ4n) is 1.95. The van der Waals surface area contributed by atoms with Crippen molar-refractivity contribution >= 4 is 11.8 Å². The first-order valence-electron chi connectivity index (χ1n) is 6.94. The molecule has 2 N–H and O–H groups in total. The molecule has 5 nitrogen and oxygen atoms in total. The Morgan fingerprint density at radius 1 is 1.05 bits per heavy atom. The zero-order chi connectivity index (χ0) is 14.7. The number of hydrogen-bond donors (Lipinski definition) is 2. The van der Waals surface area contributed by atoms with Gasteiger partial charge in [-0.15, -0.1) is 0 Å². The van der Waals surface area contributed by atoms with E-state index in [0.29, 0.717) is 29.5 Å². The van der Waals surface area contributed by atoms with Gasteiger partial charge in [0.1, 0.15) is 5.76 Å². The van der Waals surface area contributed by atoms with Crippen LogP contribution in [0.4, 0.5) is 0 Å². The number of carbonyl (C=O) groups excluding carboxylic acids is 2. The highest BCUT2D eigenvalue weighted by Crippen LogP contribution is 2.19. The Labute approximate surface area is 122 Å². The van der Waals surface area contributed by atoms with Gasteiger partial charge in [-0.2, -0.15) is 0 Å². The zero-order valence-corrected chi connectivity index (χ0v) is 11.5. The van der Waals surface area contributed by atoms with Gasteiger partial charge in [0.15, 0.2) is 0 Å². The highest BCUT2D eigenvalue weighted by Gasteiger charge is 2.23. The SMILES string of the molecule is O=C(NCc1ccco1)c1ccc(C(=O)NC2CC2)cc1. The van der Waals surface area contributed by atoms with Crippen LogP contribution in [0.15, 0.2) is 47.1 Å². The number of rotatable bonds is 5. The van der Waals surface area contributed by atoms with Crippen LogP contribution in [0.2, 0.25) is 0 Å². The van der Waals surface area contributed by atoms with Crippen LogP contribution in [-0.4, -0.2) is 17.9 Å². The van der Waals surface area contributed by atoms with Gasteiger partial charge in [0.25, 0.3) is 11.8 Å². The van der Waals surface area contributed by atoms with Crippen LogP contribution in [0.25, 0.3) is 0 Å². The number of benzene rings is 1. The molecule has 0 aliphatic heterocycles. The fraction of sp³-hybridized carbons (Fsp3) is 0.250. The van der Waals surface area contributed by atoms with Crippen LogP contribution in [0, 0.1) is 0 Å². The van der Waals surface area contributed by atoms with E-state index in [-0.39, 0.29) is 11.8 Å². The average molecular weight is 284 g/mol. The fourth-order valence-corrected chi connectivity index (χ4v) is 1.95. The lowest BCUT2D eigenvalue weighted by Crippen LogP contribution is -2.26. The number of hydrogen-bond acceptors (Lipinski definition) is 3. The Hall–Kier alpha value is -2.56. The summed E-state index contributed by atoms with van der Waals surface area (Å²) in [5.41, 5.74) is 1.09. The van der Waals surface area contributed by atoms with Crippen LogP contribution in [0.1, 0.15) is 39.3 Å². The van der Waals surface area contributed by atoms with Crippen molar-refractivity contribution in [1.29, 1.82) is 0 Å². The van der Waals surface area contributed by atoms with Gasteiger partial charge >= 0.3 is 0 Å². The van der Waals surface area contributed by atoms with E-state index in [2.05, 4.69) is 10.6 Å². The predicted molar refractivity (Wildman–Crippen MR) is 76.8 cm³/mol. The van der Waals surface area contributed by atoms with E-state index in [1.807, 2.05) is 0 Å². The smallest absolute Gasteiger partial charge is 0.251 e. The molecule has 0 bridgehead atoms. The Morgan fingerprint density at radius 3 is 2.29 bits per heavy atom. The molecule has 0 spiro atoms. The Kier molecular flexibility index (Phi) is 3.73. The van der Waals surface area contributed by atoms with E-state index >= 15 is 0 Å². The second-order valence-electron chi connectivity index (χ2n) is 5.09. The van der Waals surface area contributed by atoms with Crippen molar-refractivity contribution in [1.82, 2.24) is 10.6 Å². The molecule has 0 atom stereocenters. The molecule has 1 heterocycles. The topological polar surface area (TPSA) is 71.3 Å². The maximum atomic E-state index is 12.0. The first kappa shape index (κ1) is 13.4. The van der Waals surface area contributed by atoms with Crippen molar-refractivity contribution in [3.8, 4) is 0 Å².